The molecule has 0 saturated heterocycles. The predicted molar refractivity (Wildman–Crippen MR) is 43.4 cm³/mol. The summed E-state index contributed by atoms with van der Waals surface area (Å²) in [5.74, 6) is 0. The minimum absolute atomic E-state index is 0.216. The number of aliphatic hydroxyl groups is 1. The van der Waals surface area contributed by atoms with Gasteiger partial charge in [0.25, 0.3) is 0 Å². The Kier molecular flexibility index (Phi) is 1.66. The molecule has 0 aromatic heterocycles. The molecular formula is C8H12N2O. The summed E-state index contributed by atoms with van der Waals surface area (Å²) < 4.78 is 0. The van der Waals surface area contributed by atoms with Crippen LogP contribution in [-0.2, 0) is 0 Å². The molecular weight excluding hydrogens is 140 g/mol. The molecule has 60 valence electrons. The lowest BCUT2D eigenvalue weighted by Gasteiger charge is -2.21. The molecule has 0 aromatic carbocycles. The molecule has 3 heteroatoms. The van der Waals surface area contributed by atoms with Crippen LogP contribution in [0.3, 0.4) is 0 Å². The molecule has 1 atom stereocenters. The molecule has 2 heterocycles. The standard InChI is InChI=1S/C8H12N2O/c11-5-3-8-9-6-7-2-1-4-10(7)8/h2,6,8,11H,1,3-5H2. The lowest BCUT2D eigenvalue weighted by atomic mass is 10.3. The van der Waals surface area contributed by atoms with Gasteiger partial charge in [0.05, 0.1) is 5.70 Å². The lowest BCUT2D eigenvalue weighted by Crippen LogP contribution is -2.27. The van der Waals surface area contributed by atoms with Crippen LogP contribution in [-0.4, -0.2) is 35.5 Å². The van der Waals surface area contributed by atoms with E-state index in [2.05, 4.69) is 16.0 Å². The summed E-state index contributed by atoms with van der Waals surface area (Å²) in [7, 11) is 0. The predicted octanol–water partition coefficient (Wildman–Crippen LogP) is 0.369. The van der Waals surface area contributed by atoms with Gasteiger partial charge in [-0.25, -0.2) is 0 Å². The maximum Gasteiger partial charge on any atom is 0.123 e. The van der Waals surface area contributed by atoms with E-state index in [0.717, 1.165) is 19.4 Å². The van der Waals surface area contributed by atoms with Crippen molar-refractivity contribution in [2.24, 2.45) is 4.99 Å². The summed E-state index contributed by atoms with van der Waals surface area (Å²) in [5.41, 5.74) is 1.24. The molecule has 11 heavy (non-hydrogen) atoms. The summed E-state index contributed by atoms with van der Waals surface area (Å²) in [5, 5.41) is 8.73. The summed E-state index contributed by atoms with van der Waals surface area (Å²) in [6.07, 6.45) is 6.21. The van der Waals surface area contributed by atoms with Crippen LogP contribution in [0.4, 0.5) is 0 Å². The molecule has 0 bridgehead atoms. The summed E-state index contributed by atoms with van der Waals surface area (Å²) in [4.78, 5) is 6.53. The first kappa shape index (κ1) is 6.85. The molecule has 0 radical (unpaired) electrons. The molecule has 0 aromatic rings. The van der Waals surface area contributed by atoms with E-state index >= 15 is 0 Å². The third-order valence-corrected chi connectivity index (χ3v) is 2.18. The summed E-state index contributed by atoms with van der Waals surface area (Å²) in [6, 6.07) is 0. The Morgan fingerprint density at radius 3 is 3.45 bits per heavy atom. The molecule has 2 aliphatic rings. The topological polar surface area (TPSA) is 35.8 Å². The van der Waals surface area contributed by atoms with E-state index in [-0.39, 0.29) is 12.8 Å². The number of aliphatic imine (C=N–C) groups is 1. The van der Waals surface area contributed by atoms with Gasteiger partial charge in [0, 0.05) is 25.8 Å². The van der Waals surface area contributed by atoms with Gasteiger partial charge in [-0.1, -0.05) is 6.08 Å². The maximum atomic E-state index is 8.73. The molecule has 2 aliphatic heterocycles. The average Bonchev–Trinajstić information content (AvgIpc) is 2.53. The van der Waals surface area contributed by atoms with Gasteiger partial charge >= 0.3 is 0 Å². The van der Waals surface area contributed by atoms with E-state index in [9.17, 15) is 0 Å². The molecule has 2 rings (SSSR count). The van der Waals surface area contributed by atoms with Crippen molar-refractivity contribution in [1.29, 1.82) is 0 Å². The van der Waals surface area contributed by atoms with Crippen molar-refractivity contribution in [2.45, 2.75) is 19.0 Å². The zero-order valence-electron chi connectivity index (χ0n) is 6.40. The Balaban J connectivity index is 2.06. The molecule has 0 amide bonds. The van der Waals surface area contributed by atoms with Crippen molar-refractivity contribution in [3.8, 4) is 0 Å². The first-order valence-electron chi connectivity index (χ1n) is 4.02. The fraction of sp³-hybridized carbons (Fsp3) is 0.625. The number of rotatable bonds is 2. The van der Waals surface area contributed by atoms with Crippen LogP contribution in [0.25, 0.3) is 0 Å². The largest absolute Gasteiger partial charge is 0.396 e. The van der Waals surface area contributed by atoms with Crippen LogP contribution >= 0.6 is 0 Å². The number of nitrogens with zero attached hydrogens (tertiary/aromatic N) is 2. The molecule has 1 N–H and O–H groups in total. The van der Waals surface area contributed by atoms with Gasteiger partial charge in [0.2, 0.25) is 0 Å². The third-order valence-electron chi connectivity index (χ3n) is 2.18. The summed E-state index contributed by atoms with van der Waals surface area (Å²) in [6.45, 7) is 1.30. The zero-order chi connectivity index (χ0) is 7.68. The van der Waals surface area contributed by atoms with Gasteiger partial charge in [-0.05, 0) is 6.42 Å². The second-order valence-corrected chi connectivity index (χ2v) is 2.88. The summed E-state index contributed by atoms with van der Waals surface area (Å²) >= 11 is 0. The highest BCUT2D eigenvalue weighted by atomic mass is 16.3. The number of hydrogen-bond donors (Lipinski definition) is 1. The fourth-order valence-corrected chi connectivity index (χ4v) is 1.63. The van der Waals surface area contributed by atoms with E-state index in [1.54, 1.807) is 0 Å². The highest BCUT2D eigenvalue weighted by Gasteiger charge is 2.25. The van der Waals surface area contributed by atoms with Crippen LogP contribution in [0, 0.1) is 0 Å². The number of allylic oxidation sites excluding steroid dienone is 1. The van der Waals surface area contributed by atoms with Gasteiger partial charge in [-0.3, -0.25) is 4.99 Å². The van der Waals surface area contributed by atoms with Crippen molar-refractivity contribution in [2.75, 3.05) is 13.2 Å². The zero-order valence-corrected chi connectivity index (χ0v) is 6.40. The number of hydrogen-bond acceptors (Lipinski definition) is 3. The van der Waals surface area contributed by atoms with Crippen LogP contribution in [0.15, 0.2) is 16.8 Å². The molecule has 3 nitrogen and oxygen atoms in total. The quantitative estimate of drug-likeness (QED) is 0.620. The van der Waals surface area contributed by atoms with Gasteiger partial charge in [0.1, 0.15) is 6.17 Å². The van der Waals surface area contributed by atoms with Crippen molar-refractivity contribution < 1.29 is 5.11 Å². The number of aliphatic hydroxyl groups excluding tert-OH is 1. The minimum atomic E-state index is 0.216. The Bertz CT molecular complexity index is 210. The second-order valence-electron chi connectivity index (χ2n) is 2.88. The maximum absolute atomic E-state index is 8.73. The minimum Gasteiger partial charge on any atom is -0.396 e. The van der Waals surface area contributed by atoms with E-state index in [4.69, 9.17) is 5.11 Å². The van der Waals surface area contributed by atoms with Gasteiger partial charge in [0.15, 0.2) is 0 Å². The first-order chi connectivity index (χ1) is 5.42. The number of fused-ring (bicyclic) bond motifs is 1. The van der Waals surface area contributed by atoms with Crippen LogP contribution in [0.5, 0.6) is 0 Å². The van der Waals surface area contributed by atoms with Crippen LogP contribution < -0.4 is 0 Å². The van der Waals surface area contributed by atoms with Crippen molar-refractivity contribution >= 4 is 6.21 Å². The molecule has 1 unspecified atom stereocenters. The normalized spacial score (nSPS) is 27.5. The smallest absolute Gasteiger partial charge is 0.123 e. The van der Waals surface area contributed by atoms with Gasteiger partial charge in [-0.15, -0.1) is 0 Å². The Labute approximate surface area is 66.0 Å². The second kappa shape index (κ2) is 2.66. The van der Waals surface area contributed by atoms with Gasteiger partial charge < -0.3 is 10.0 Å². The fourth-order valence-electron chi connectivity index (χ4n) is 1.63. The molecule has 0 aliphatic carbocycles. The van der Waals surface area contributed by atoms with Crippen LogP contribution in [0.1, 0.15) is 12.8 Å². The Morgan fingerprint density at radius 2 is 2.64 bits per heavy atom. The molecule has 0 saturated carbocycles. The highest BCUT2D eigenvalue weighted by molar-refractivity contribution is 5.80. The monoisotopic (exact) mass is 152 g/mol. The third kappa shape index (κ3) is 1.05. The van der Waals surface area contributed by atoms with Crippen molar-refractivity contribution in [3.63, 3.8) is 0 Å². The first-order valence-corrected chi connectivity index (χ1v) is 4.02. The Morgan fingerprint density at radius 1 is 1.73 bits per heavy atom. The SMILES string of the molecule is OCCC1N=CC2=CCCN21. The lowest BCUT2D eigenvalue weighted by molar-refractivity contribution is 0.220. The molecule has 0 fully saturated rings. The molecule has 0 spiro atoms. The van der Waals surface area contributed by atoms with Crippen LogP contribution in [0.2, 0.25) is 0 Å². The Hall–Kier alpha value is -0.830. The van der Waals surface area contributed by atoms with E-state index < -0.39 is 0 Å². The van der Waals surface area contributed by atoms with Gasteiger partial charge in [-0.2, -0.15) is 0 Å². The van der Waals surface area contributed by atoms with Crippen molar-refractivity contribution in [3.05, 3.63) is 11.8 Å². The van der Waals surface area contributed by atoms with E-state index in [1.165, 1.54) is 5.70 Å². The van der Waals surface area contributed by atoms with E-state index in [0.29, 0.717) is 0 Å². The average molecular weight is 152 g/mol. The highest BCUT2D eigenvalue weighted by Crippen LogP contribution is 2.23. The van der Waals surface area contributed by atoms with E-state index in [1.807, 2.05) is 6.21 Å². The van der Waals surface area contributed by atoms with Crippen molar-refractivity contribution in [1.82, 2.24) is 4.90 Å².